The fourth-order valence-corrected chi connectivity index (χ4v) is 2.86. The van der Waals surface area contributed by atoms with Crippen LogP contribution in [0.25, 0.3) is 0 Å². The van der Waals surface area contributed by atoms with Gasteiger partial charge in [0.15, 0.2) is 0 Å². The molecule has 1 heterocycles. The van der Waals surface area contributed by atoms with Crippen molar-refractivity contribution in [3.63, 3.8) is 0 Å². The van der Waals surface area contributed by atoms with Crippen molar-refractivity contribution in [2.75, 3.05) is 13.1 Å². The number of amides is 1. The van der Waals surface area contributed by atoms with E-state index in [2.05, 4.69) is 46.4 Å². The van der Waals surface area contributed by atoms with Crippen molar-refractivity contribution >= 4 is 5.91 Å². The maximum Gasteiger partial charge on any atom is 0.226 e. The molecule has 2 atom stereocenters. The Morgan fingerprint density at radius 2 is 1.94 bits per heavy atom. The van der Waals surface area contributed by atoms with Crippen LogP contribution in [0.15, 0.2) is 0 Å². The Balaban J connectivity index is 2.89. The molecule has 0 saturated carbocycles. The van der Waals surface area contributed by atoms with Crippen molar-refractivity contribution in [3.05, 3.63) is 0 Å². The number of carbonyl (C=O) groups excluding carboxylic acids is 1. The van der Waals surface area contributed by atoms with E-state index in [1.807, 2.05) is 0 Å². The first-order valence-corrected chi connectivity index (χ1v) is 6.57. The van der Waals surface area contributed by atoms with Gasteiger partial charge < -0.3 is 4.90 Å². The second kappa shape index (κ2) is 4.77. The fraction of sp³-hybridized carbons (Fsp3) is 0.929. The molecule has 2 unspecified atom stereocenters. The Hall–Kier alpha value is -0.530. The van der Waals surface area contributed by atoms with Crippen LogP contribution in [0.5, 0.6) is 0 Å². The van der Waals surface area contributed by atoms with Crippen molar-refractivity contribution < 1.29 is 4.79 Å². The number of rotatable bonds is 3. The van der Waals surface area contributed by atoms with Gasteiger partial charge in [-0.05, 0) is 23.7 Å². The summed E-state index contributed by atoms with van der Waals surface area (Å²) >= 11 is 0. The largest absolute Gasteiger partial charge is 0.342 e. The zero-order valence-electron chi connectivity index (χ0n) is 11.7. The summed E-state index contributed by atoms with van der Waals surface area (Å²) in [6.07, 6.45) is 1.06. The normalized spacial score (nSPS) is 26.9. The highest BCUT2D eigenvalue weighted by molar-refractivity contribution is 5.81. The molecule has 0 aromatic carbocycles. The molecule has 0 aliphatic carbocycles. The van der Waals surface area contributed by atoms with Gasteiger partial charge in [0.1, 0.15) is 0 Å². The molecule has 0 N–H and O–H groups in total. The smallest absolute Gasteiger partial charge is 0.226 e. The predicted molar refractivity (Wildman–Crippen MR) is 68.1 cm³/mol. The van der Waals surface area contributed by atoms with E-state index >= 15 is 0 Å². The summed E-state index contributed by atoms with van der Waals surface area (Å²) in [5.74, 6) is 1.58. The van der Waals surface area contributed by atoms with Gasteiger partial charge in [0, 0.05) is 19.0 Å². The maximum atomic E-state index is 12.3. The fourth-order valence-electron chi connectivity index (χ4n) is 2.86. The van der Waals surface area contributed by atoms with Crippen LogP contribution in [-0.4, -0.2) is 23.9 Å². The Morgan fingerprint density at radius 3 is 2.25 bits per heavy atom. The van der Waals surface area contributed by atoms with Crippen molar-refractivity contribution in [2.24, 2.45) is 23.2 Å². The highest BCUT2D eigenvalue weighted by Crippen LogP contribution is 2.41. The second-order valence-electron chi connectivity index (χ2n) is 6.53. The number of nitrogens with zero attached hydrogens (tertiary/aromatic N) is 1. The molecule has 1 aliphatic rings. The van der Waals surface area contributed by atoms with Crippen LogP contribution in [0.2, 0.25) is 0 Å². The molecular formula is C14H27NO. The van der Waals surface area contributed by atoms with E-state index < -0.39 is 0 Å². The summed E-state index contributed by atoms with van der Waals surface area (Å²) in [5, 5.41) is 0. The monoisotopic (exact) mass is 225 g/mol. The number of hydrogen-bond acceptors (Lipinski definition) is 1. The molecule has 2 nitrogen and oxygen atoms in total. The van der Waals surface area contributed by atoms with Crippen LogP contribution >= 0.6 is 0 Å². The van der Waals surface area contributed by atoms with Crippen molar-refractivity contribution in [3.8, 4) is 0 Å². The third-order valence-corrected chi connectivity index (χ3v) is 3.77. The average molecular weight is 225 g/mol. The highest BCUT2D eigenvalue weighted by atomic mass is 16.2. The van der Waals surface area contributed by atoms with E-state index in [-0.39, 0.29) is 11.3 Å². The third kappa shape index (κ3) is 2.58. The lowest BCUT2D eigenvalue weighted by Gasteiger charge is -2.32. The van der Waals surface area contributed by atoms with Crippen LogP contribution in [0.1, 0.15) is 48.0 Å². The quantitative estimate of drug-likeness (QED) is 0.722. The minimum absolute atomic E-state index is 0.228. The Kier molecular flexibility index (Phi) is 4.03. The number of hydrogen-bond donors (Lipinski definition) is 0. The van der Waals surface area contributed by atoms with Gasteiger partial charge in [-0.15, -0.1) is 0 Å². The Labute approximate surface area is 100 Å². The van der Waals surface area contributed by atoms with Gasteiger partial charge in [-0.2, -0.15) is 0 Å². The molecule has 0 aromatic rings. The van der Waals surface area contributed by atoms with Crippen LogP contribution in [-0.2, 0) is 4.79 Å². The first-order valence-electron chi connectivity index (χ1n) is 6.57. The number of carbonyl (C=O) groups is 1. The van der Waals surface area contributed by atoms with Crippen LogP contribution in [0.4, 0.5) is 0 Å². The van der Waals surface area contributed by atoms with E-state index in [9.17, 15) is 4.79 Å². The molecule has 94 valence electrons. The first-order chi connectivity index (χ1) is 7.29. The SMILES string of the molecule is CCCN1CC(C(C)(C)C)C(C(C)C)C1=O. The molecule has 2 heteroatoms. The van der Waals surface area contributed by atoms with Crippen LogP contribution in [0, 0.1) is 23.2 Å². The maximum absolute atomic E-state index is 12.3. The molecular weight excluding hydrogens is 198 g/mol. The summed E-state index contributed by atoms with van der Waals surface area (Å²) in [4.78, 5) is 14.4. The highest BCUT2D eigenvalue weighted by Gasteiger charge is 2.46. The molecule has 1 aliphatic heterocycles. The van der Waals surface area contributed by atoms with Crippen LogP contribution < -0.4 is 0 Å². The van der Waals surface area contributed by atoms with Gasteiger partial charge >= 0.3 is 0 Å². The minimum Gasteiger partial charge on any atom is -0.342 e. The predicted octanol–water partition coefficient (Wildman–Crippen LogP) is 3.17. The lowest BCUT2D eigenvalue weighted by Crippen LogP contribution is -2.31. The molecule has 0 bridgehead atoms. The van der Waals surface area contributed by atoms with E-state index in [1.54, 1.807) is 0 Å². The second-order valence-corrected chi connectivity index (χ2v) is 6.53. The summed E-state index contributed by atoms with van der Waals surface area (Å²) in [6.45, 7) is 15.2. The van der Waals surface area contributed by atoms with E-state index in [0.29, 0.717) is 17.7 Å². The van der Waals surface area contributed by atoms with E-state index in [1.165, 1.54) is 0 Å². The van der Waals surface area contributed by atoms with E-state index in [0.717, 1.165) is 19.5 Å². The Morgan fingerprint density at radius 1 is 1.38 bits per heavy atom. The molecule has 1 rings (SSSR count). The standard InChI is InChI=1S/C14H27NO/c1-7-8-15-9-11(14(4,5)6)12(10(2)3)13(15)16/h10-12H,7-9H2,1-6H3. The molecule has 1 amide bonds. The molecule has 0 radical (unpaired) electrons. The van der Waals surface area contributed by atoms with Gasteiger partial charge in [-0.3, -0.25) is 4.79 Å². The zero-order valence-corrected chi connectivity index (χ0v) is 11.7. The third-order valence-electron chi connectivity index (χ3n) is 3.77. The molecule has 0 spiro atoms. The first kappa shape index (κ1) is 13.5. The molecule has 0 aromatic heterocycles. The van der Waals surface area contributed by atoms with Gasteiger partial charge in [0.25, 0.3) is 0 Å². The zero-order chi connectivity index (χ0) is 12.5. The lowest BCUT2D eigenvalue weighted by atomic mass is 9.71. The van der Waals surface area contributed by atoms with Crippen LogP contribution in [0.3, 0.4) is 0 Å². The van der Waals surface area contributed by atoms with Gasteiger partial charge in [-0.25, -0.2) is 0 Å². The van der Waals surface area contributed by atoms with Gasteiger partial charge in [-0.1, -0.05) is 41.5 Å². The van der Waals surface area contributed by atoms with Crippen molar-refractivity contribution in [1.82, 2.24) is 4.90 Å². The van der Waals surface area contributed by atoms with Gasteiger partial charge in [0.2, 0.25) is 5.91 Å². The molecule has 16 heavy (non-hydrogen) atoms. The number of likely N-dealkylation sites (tertiary alicyclic amines) is 1. The summed E-state index contributed by atoms with van der Waals surface area (Å²) < 4.78 is 0. The summed E-state index contributed by atoms with van der Waals surface area (Å²) in [5.41, 5.74) is 0.229. The summed E-state index contributed by atoms with van der Waals surface area (Å²) in [6, 6.07) is 0. The topological polar surface area (TPSA) is 20.3 Å². The van der Waals surface area contributed by atoms with Crippen molar-refractivity contribution in [2.45, 2.75) is 48.0 Å². The molecule has 1 fully saturated rings. The minimum atomic E-state index is 0.228. The van der Waals surface area contributed by atoms with Crippen molar-refractivity contribution in [1.29, 1.82) is 0 Å². The molecule has 1 saturated heterocycles. The average Bonchev–Trinajstić information content (AvgIpc) is 2.44. The Bertz CT molecular complexity index is 252. The summed E-state index contributed by atoms with van der Waals surface area (Å²) in [7, 11) is 0. The lowest BCUT2D eigenvalue weighted by molar-refractivity contribution is -0.132. The van der Waals surface area contributed by atoms with E-state index in [4.69, 9.17) is 0 Å². The van der Waals surface area contributed by atoms with Gasteiger partial charge in [0.05, 0.1) is 0 Å².